The van der Waals surface area contributed by atoms with Crippen LogP contribution in [0.4, 0.5) is 10.1 Å². The highest BCUT2D eigenvalue weighted by atomic mass is 35.5. The molecule has 1 aliphatic heterocycles. The first-order chi connectivity index (χ1) is 12.7. The minimum absolute atomic E-state index is 0. The maximum atomic E-state index is 14.3. The second-order valence-electron chi connectivity index (χ2n) is 6.88. The maximum absolute atomic E-state index is 14.3. The van der Waals surface area contributed by atoms with Gasteiger partial charge in [-0.15, -0.1) is 12.4 Å². The molecule has 146 valence electrons. The number of rotatable bonds is 6. The number of amides is 1. The first-order valence-corrected chi connectivity index (χ1v) is 9.52. The molecule has 27 heavy (non-hydrogen) atoms. The predicted molar refractivity (Wildman–Crippen MR) is 111 cm³/mol. The zero-order valence-electron chi connectivity index (χ0n) is 15.8. The van der Waals surface area contributed by atoms with Crippen LogP contribution in [0.2, 0.25) is 0 Å². The summed E-state index contributed by atoms with van der Waals surface area (Å²) in [5.41, 5.74) is 1.77. The van der Waals surface area contributed by atoms with Gasteiger partial charge in [-0.1, -0.05) is 49.4 Å². The summed E-state index contributed by atoms with van der Waals surface area (Å²) in [6.45, 7) is 4.75. The molecule has 3 nitrogen and oxygen atoms in total. The number of anilines is 1. The van der Waals surface area contributed by atoms with Crippen LogP contribution in [0, 0.1) is 5.82 Å². The summed E-state index contributed by atoms with van der Waals surface area (Å²) >= 11 is 0. The summed E-state index contributed by atoms with van der Waals surface area (Å²) in [7, 11) is 0. The van der Waals surface area contributed by atoms with Crippen molar-refractivity contribution >= 4 is 24.0 Å². The van der Waals surface area contributed by atoms with Crippen LogP contribution < -0.4 is 4.90 Å². The molecule has 2 aromatic carbocycles. The zero-order chi connectivity index (χ0) is 18.4. The Kier molecular flexibility index (Phi) is 8.26. The van der Waals surface area contributed by atoms with Crippen LogP contribution in [0.5, 0.6) is 0 Å². The van der Waals surface area contributed by atoms with Crippen molar-refractivity contribution < 1.29 is 9.18 Å². The third kappa shape index (κ3) is 5.53. The number of carbonyl (C=O) groups excluding carboxylic acids is 1. The van der Waals surface area contributed by atoms with Crippen LogP contribution in [0.1, 0.15) is 31.7 Å². The lowest BCUT2D eigenvalue weighted by Gasteiger charge is -2.38. The van der Waals surface area contributed by atoms with Crippen molar-refractivity contribution in [1.82, 2.24) is 4.90 Å². The molecule has 0 bridgehead atoms. The van der Waals surface area contributed by atoms with Gasteiger partial charge in [0.2, 0.25) is 5.91 Å². The number of likely N-dealkylation sites (tertiary alicyclic amines) is 1. The fourth-order valence-corrected chi connectivity index (χ4v) is 3.69. The summed E-state index contributed by atoms with van der Waals surface area (Å²) in [5.74, 6) is -0.321. The van der Waals surface area contributed by atoms with Gasteiger partial charge in [-0.05, 0) is 37.0 Å². The average Bonchev–Trinajstić information content (AvgIpc) is 2.69. The van der Waals surface area contributed by atoms with E-state index in [1.165, 1.54) is 11.6 Å². The lowest BCUT2D eigenvalue weighted by atomic mass is 10.0. The summed E-state index contributed by atoms with van der Waals surface area (Å²) in [6, 6.07) is 17.2. The van der Waals surface area contributed by atoms with Crippen LogP contribution in [-0.4, -0.2) is 36.5 Å². The number of para-hydroxylation sites is 1. The van der Waals surface area contributed by atoms with Crippen molar-refractivity contribution in [2.75, 3.05) is 24.5 Å². The normalized spacial score (nSPS) is 15.2. The van der Waals surface area contributed by atoms with Gasteiger partial charge in [0.25, 0.3) is 0 Å². The minimum Gasteiger partial charge on any atom is -0.306 e. The Bertz CT molecular complexity index is 717. The van der Waals surface area contributed by atoms with Crippen LogP contribution in [0.3, 0.4) is 0 Å². The van der Waals surface area contributed by atoms with E-state index < -0.39 is 0 Å². The fraction of sp³-hybridized carbons (Fsp3) is 0.409. The molecule has 1 amide bonds. The molecule has 0 N–H and O–H groups in total. The molecule has 0 saturated carbocycles. The number of nitrogens with zero attached hydrogens (tertiary/aromatic N) is 2. The Hall–Kier alpha value is -1.91. The van der Waals surface area contributed by atoms with Gasteiger partial charge in [0.05, 0.1) is 5.69 Å². The maximum Gasteiger partial charge on any atom is 0.227 e. The molecule has 0 aliphatic carbocycles. The van der Waals surface area contributed by atoms with Crippen molar-refractivity contribution in [2.45, 2.75) is 38.6 Å². The summed E-state index contributed by atoms with van der Waals surface area (Å²) < 4.78 is 14.3. The first kappa shape index (κ1) is 21.4. The SMILES string of the molecule is CCC(=O)N(c1ccccc1F)C1CCN(CCc2ccccc2)CC1.Cl. The molecule has 0 spiro atoms. The minimum atomic E-state index is -0.319. The van der Waals surface area contributed by atoms with Gasteiger partial charge in [0.1, 0.15) is 5.82 Å². The van der Waals surface area contributed by atoms with Crippen molar-refractivity contribution in [1.29, 1.82) is 0 Å². The predicted octanol–water partition coefficient (Wildman–Crippen LogP) is 4.70. The molecule has 0 aromatic heterocycles. The van der Waals surface area contributed by atoms with E-state index in [1.54, 1.807) is 23.1 Å². The van der Waals surface area contributed by atoms with Gasteiger partial charge in [0, 0.05) is 32.1 Å². The highest BCUT2D eigenvalue weighted by Gasteiger charge is 2.29. The molecule has 1 fully saturated rings. The fourth-order valence-electron chi connectivity index (χ4n) is 3.69. The molecule has 0 radical (unpaired) electrons. The van der Waals surface area contributed by atoms with Gasteiger partial charge in [-0.3, -0.25) is 4.79 Å². The second-order valence-corrected chi connectivity index (χ2v) is 6.88. The Morgan fingerprint density at radius 1 is 1.07 bits per heavy atom. The largest absolute Gasteiger partial charge is 0.306 e. The summed E-state index contributed by atoms with van der Waals surface area (Å²) in [4.78, 5) is 16.6. The second kappa shape index (κ2) is 10.4. The quantitative estimate of drug-likeness (QED) is 0.713. The van der Waals surface area contributed by atoms with E-state index in [-0.39, 0.29) is 30.2 Å². The smallest absolute Gasteiger partial charge is 0.227 e. The van der Waals surface area contributed by atoms with E-state index in [9.17, 15) is 9.18 Å². The molecule has 1 aliphatic rings. The lowest BCUT2D eigenvalue weighted by molar-refractivity contribution is -0.119. The van der Waals surface area contributed by atoms with Crippen LogP contribution in [-0.2, 0) is 11.2 Å². The van der Waals surface area contributed by atoms with Crippen LogP contribution >= 0.6 is 12.4 Å². The van der Waals surface area contributed by atoms with E-state index in [0.29, 0.717) is 12.1 Å². The molecule has 1 heterocycles. The highest BCUT2D eigenvalue weighted by molar-refractivity contribution is 5.93. The number of benzene rings is 2. The van der Waals surface area contributed by atoms with Gasteiger partial charge >= 0.3 is 0 Å². The highest BCUT2D eigenvalue weighted by Crippen LogP contribution is 2.27. The van der Waals surface area contributed by atoms with E-state index in [1.807, 2.05) is 13.0 Å². The molecular formula is C22H28ClFN2O. The Morgan fingerprint density at radius 2 is 1.70 bits per heavy atom. The standard InChI is InChI=1S/C22H27FN2O.ClH/c1-2-22(26)25(21-11-7-6-10-20(21)23)19-13-16-24(17-14-19)15-12-18-8-4-3-5-9-18;/h3-11,19H,2,12-17H2,1H3;1H. The van der Waals surface area contributed by atoms with Gasteiger partial charge < -0.3 is 9.80 Å². The third-order valence-electron chi connectivity index (χ3n) is 5.16. The zero-order valence-corrected chi connectivity index (χ0v) is 16.6. The first-order valence-electron chi connectivity index (χ1n) is 9.52. The number of hydrogen-bond donors (Lipinski definition) is 0. The summed E-state index contributed by atoms with van der Waals surface area (Å²) in [6.07, 6.45) is 3.20. The van der Waals surface area contributed by atoms with E-state index in [0.717, 1.165) is 38.9 Å². The molecule has 0 atom stereocenters. The lowest BCUT2D eigenvalue weighted by Crippen LogP contribution is -2.48. The van der Waals surface area contributed by atoms with Gasteiger partial charge in [-0.25, -0.2) is 4.39 Å². The van der Waals surface area contributed by atoms with Crippen molar-refractivity contribution in [2.24, 2.45) is 0 Å². The average molecular weight is 391 g/mol. The van der Waals surface area contributed by atoms with E-state index >= 15 is 0 Å². The van der Waals surface area contributed by atoms with E-state index in [2.05, 4.69) is 29.2 Å². The molecule has 0 unspecified atom stereocenters. The Labute approximate surface area is 167 Å². The van der Waals surface area contributed by atoms with Crippen molar-refractivity contribution in [3.63, 3.8) is 0 Å². The molecule has 2 aromatic rings. The van der Waals surface area contributed by atoms with Gasteiger partial charge in [0.15, 0.2) is 0 Å². The van der Waals surface area contributed by atoms with Gasteiger partial charge in [-0.2, -0.15) is 0 Å². The summed E-state index contributed by atoms with van der Waals surface area (Å²) in [5, 5.41) is 0. The Balaban J connectivity index is 0.00000261. The van der Waals surface area contributed by atoms with E-state index in [4.69, 9.17) is 0 Å². The number of piperidine rings is 1. The molecule has 3 rings (SSSR count). The van der Waals surface area contributed by atoms with Crippen molar-refractivity contribution in [3.05, 3.63) is 66.0 Å². The molecule has 1 saturated heterocycles. The van der Waals surface area contributed by atoms with Crippen LogP contribution in [0.15, 0.2) is 54.6 Å². The third-order valence-corrected chi connectivity index (χ3v) is 5.16. The number of carbonyl (C=O) groups is 1. The molecule has 5 heteroatoms. The monoisotopic (exact) mass is 390 g/mol. The molecular weight excluding hydrogens is 363 g/mol. The van der Waals surface area contributed by atoms with Crippen molar-refractivity contribution in [3.8, 4) is 0 Å². The Morgan fingerprint density at radius 3 is 2.33 bits per heavy atom. The number of hydrogen-bond acceptors (Lipinski definition) is 2. The van der Waals surface area contributed by atoms with Crippen LogP contribution in [0.25, 0.3) is 0 Å². The number of halogens is 2. The topological polar surface area (TPSA) is 23.6 Å².